The summed E-state index contributed by atoms with van der Waals surface area (Å²) in [5.74, 6) is -3.77. The Morgan fingerprint density at radius 2 is 1.57 bits per heavy atom. The normalized spacial score (nSPS) is 13.0. The highest BCUT2D eigenvalue weighted by atomic mass is 16.5. The second kappa shape index (κ2) is 6.71. The standard InChI is InChI=1S/C13H14O8/c1-20-8-2-4-9(5-3-8)21-11(16)7-13(19,12(17)18)6-10(14)15/h2-5,19H,6-7H2,1H3,(H,14,15)(H,17,18). The number of hydrogen-bond donors (Lipinski definition) is 3. The number of benzene rings is 1. The number of methoxy groups -OCH3 is 1. The molecule has 0 fully saturated rings. The first-order chi connectivity index (χ1) is 9.76. The van der Waals surface area contributed by atoms with Crippen molar-refractivity contribution >= 4 is 17.9 Å². The number of hydrogen-bond acceptors (Lipinski definition) is 6. The molecule has 0 aliphatic rings. The van der Waals surface area contributed by atoms with E-state index in [4.69, 9.17) is 19.7 Å². The summed E-state index contributed by atoms with van der Waals surface area (Å²) in [5.41, 5.74) is -2.71. The van der Waals surface area contributed by atoms with Crippen LogP contribution in [0.25, 0.3) is 0 Å². The van der Waals surface area contributed by atoms with Crippen LogP contribution in [0.4, 0.5) is 0 Å². The molecule has 21 heavy (non-hydrogen) atoms. The molecule has 0 aliphatic heterocycles. The highest BCUT2D eigenvalue weighted by Gasteiger charge is 2.41. The molecule has 0 heterocycles. The van der Waals surface area contributed by atoms with Gasteiger partial charge in [-0.25, -0.2) is 4.79 Å². The molecule has 1 aromatic rings. The van der Waals surface area contributed by atoms with Crippen molar-refractivity contribution in [1.29, 1.82) is 0 Å². The minimum Gasteiger partial charge on any atom is -0.497 e. The third kappa shape index (κ3) is 4.77. The number of aliphatic carboxylic acids is 2. The van der Waals surface area contributed by atoms with Gasteiger partial charge in [-0.2, -0.15) is 0 Å². The van der Waals surface area contributed by atoms with Crippen LogP contribution in [0.15, 0.2) is 24.3 Å². The van der Waals surface area contributed by atoms with Gasteiger partial charge >= 0.3 is 17.9 Å². The molecule has 1 atom stereocenters. The summed E-state index contributed by atoms with van der Waals surface area (Å²) in [7, 11) is 1.46. The Kier molecular flexibility index (Phi) is 5.25. The number of carboxylic acid groups (broad SMARTS) is 2. The maximum atomic E-state index is 11.6. The van der Waals surface area contributed by atoms with E-state index < -0.39 is 36.4 Å². The quantitative estimate of drug-likeness (QED) is 0.483. The maximum Gasteiger partial charge on any atom is 0.336 e. The zero-order valence-corrected chi connectivity index (χ0v) is 11.1. The Morgan fingerprint density at radius 3 is 2.00 bits per heavy atom. The summed E-state index contributed by atoms with van der Waals surface area (Å²) >= 11 is 0. The van der Waals surface area contributed by atoms with Gasteiger partial charge in [0.25, 0.3) is 0 Å². The highest BCUT2D eigenvalue weighted by Crippen LogP contribution is 2.21. The van der Waals surface area contributed by atoms with Crippen LogP contribution in [0.2, 0.25) is 0 Å². The van der Waals surface area contributed by atoms with Crippen molar-refractivity contribution in [3.05, 3.63) is 24.3 Å². The molecule has 114 valence electrons. The third-order valence-corrected chi connectivity index (χ3v) is 2.57. The van der Waals surface area contributed by atoms with Crippen molar-refractivity contribution < 1.29 is 39.2 Å². The fraction of sp³-hybridized carbons (Fsp3) is 0.308. The largest absolute Gasteiger partial charge is 0.497 e. The molecule has 8 heteroatoms. The summed E-state index contributed by atoms with van der Waals surface area (Å²) in [6.45, 7) is 0. The van der Waals surface area contributed by atoms with Crippen LogP contribution in [0, 0.1) is 0 Å². The minimum atomic E-state index is -2.71. The van der Waals surface area contributed by atoms with E-state index in [0.717, 1.165) is 0 Å². The van der Waals surface area contributed by atoms with Gasteiger partial charge in [-0.3, -0.25) is 9.59 Å². The van der Waals surface area contributed by atoms with Gasteiger partial charge < -0.3 is 24.8 Å². The van der Waals surface area contributed by atoms with Gasteiger partial charge in [0.15, 0.2) is 5.60 Å². The molecule has 8 nitrogen and oxygen atoms in total. The number of carbonyl (C=O) groups excluding carboxylic acids is 1. The number of carbonyl (C=O) groups is 3. The molecule has 0 saturated heterocycles. The van der Waals surface area contributed by atoms with Gasteiger partial charge in [-0.1, -0.05) is 0 Å². The van der Waals surface area contributed by atoms with Crippen molar-refractivity contribution in [2.75, 3.05) is 7.11 Å². The van der Waals surface area contributed by atoms with Crippen LogP contribution in [0.1, 0.15) is 12.8 Å². The lowest BCUT2D eigenvalue weighted by atomic mass is 9.96. The predicted molar refractivity (Wildman–Crippen MR) is 68.1 cm³/mol. The molecular weight excluding hydrogens is 284 g/mol. The molecule has 0 radical (unpaired) electrons. The van der Waals surface area contributed by atoms with Gasteiger partial charge in [-0.05, 0) is 24.3 Å². The van der Waals surface area contributed by atoms with Crippen LogP contribution in [-0.4, -0.2) is 45.9 Å². The second-order valence-corrected chi connectivity index (χ2v) is 4.23. The maximum absolute atomic E-state index is 11.6. The van der Waals surface area contributed by atoms with E-state index >= 15 is 0 Å². The summed E-state index contributed by atoms with van der Waals surface area (Å²) < 4.78 is 9.74. The second-order valence-electron chi connectivity index (χ2n) is 4.23. The molecule has 0 amide bonds. The van der Waals surface area contributed by atoms with E-state index in [1.807, 2.05) is 0 Å². The summed E-state index contributed by atoms with van der Waals surface area (Å²) in [6.07, 6.45) is -2.10. The fourth-order valence-corrected chi connectivity index (χ4v) is 1.51. The van der Waals surface area contributed by atoms with Crippen molar-refractivity contribution in [1.82, 2.24) is 0 Å². The van der Waals surface area contributed by atoms with E-state index in [9.17, 15) is 19.5 Å². The van der Waals surface area contributed by atoms with Gasteiger partial charge in [0, 0.05) is 0 Å². The Labute approximate surface area is 119 Å². The molecule has 0 aliphatic carbocycles. The molecule has 0 bridgehead atoms. The lowest BCUT2D eigenvalue weighted by molar-refractivity contribution is -0.169. The van der Waals surface area contributed by atoms with Crippen molar-refractivity contribution in [3.8, 4) is 11.5 Å². The third-order valence-electron chi connectivity index (χ3n) is 2.57. The molecule has 0 spiro atoms. The van der Waals surface area contributed by atoms with Gasteiger partial charge in [0.1, 0.15) is 11.5 Å². The van der Waals surface area contributed by atoms with E-state index in [2.05, 4.69) is 0 Å². The molecule has 1 aromatic carbocycles. The first kappa shape index (κ1) is 16.4. The van der Waals surface area contributed by atoms with Gasteiger partial charge in [-0.15, -0.1) is 0 Å². The summed E-state index contributed by atoms with van der Waals surface area (Å²) in [6, 6.07) is 5.86. The first-order valence-corrected chi connectivity index (χ1v) is 5.79. The fourth-order valence-electron chi connectivity index (χ4n) is 1.51. The van der Waals surface area contributed by atoms with E-state index in [0.29, 0.717) is 5.75 Å². The zero-order chi connectivity index (χ0) is 16.0. The number of esters is 1. The Morgan fingerprint density at radius 1 is 1.05 bits per heavy atom. The van der Waals surface area contributed by atoms with Crippen LogP contribution in [-0.2, 0) is 14.4 Å². The summed E-state index contributed by atoms with van der Waals surface area (Å²) in [4.78, 5) is 33.0. The van der Waals surface area contributed by atoms with E-state index in [1.54, 1.807) is 0 Å². The van der Waals surface area contributed by atoms with E-state index in [-0.39, 0.29) is 5.75 Å². The van der Waals surface area contributed by atoms with Gasteiger partial charge in [0.2, 0.25) is 0 Å². The van der Waals surface area contributed by atoms with Crippen LogP contribution in [0.3, 0.4) is 0 Å². The van der Waals surface area contributed by atoms with Crippen molar-refractivity contribution in [3.63, 3.8) is 0 Å². The minimum absolute atomic E-state index is 0.115. The average molecular weight is 298 g/mol. The van der Waals surface area contributed by atoms with Crippen LogP contribution < -0.4 is 9.47 Å². The predicted octanol–water partition coefficient (Wildman–Crippen LogP) is 0.281. The number of ether oxygens (including phenoxy) is 2. The smallest absolute Gasteiger partial charge is 0.336 e. The molecule has 0 saturated carbocycles. The van der Waals surface area contributed by atoms with Crippen molar-refractivity contribution in [2.24, 2.45) is 0 Å². The monoisotopic (exact) mass is 298 g/mol. The molecule has 3 N–H and O–H groups in total. The van der Waals surface area contributed by atoms with Crippen LogP contribution in [0.5, 0.6) is 11.5 Å². The molecule has 0 aromatic heterocycles. The Balaban J connectivity index is 2.73. The Hall–Kier alpha value is -2.61. The molecular formula is C13H14O8. The summed E-state index contributed by atoms with van der Waals surface area (Å²) in [5, 5.41) is 27.1. The van der Waals surface area contributed by atoms with E-state index in [1.165, 1.54) is 31.4 Å². The molecule has 1 rings (SSSR count). The topological polar surface area (TPSA) is 130 Å². The lowest BCUT2D eigenvalue weighted by Gasteiger charge is -2.20. The van der Waals surface area contributed by atoms with Gasteiger partial charge in [0.05, 0.1) is 20.0 Å². The Bertz CT molecular complexity index is 536. The van der Waals surface area contributed by atoms with Crippen LogP contribution >= 0.6 is 0 Å². The SMILES string of the molecule is COc1ccc(OC(=O)CC(O)(CC(=O)O)C(=O)O)cc1. The first-order valence-electron chi connectivity index (χ1n) is 5.79. The lowest BCUT2D eigenvalue weighted by Crippen LogP contribution is -2.43. The number of rotatable bonds is 7. The number of carboxylic acids is 2. The molecule has 1 unspecified atom stereocenters. The highest BCUT2D eigenvalue weighted by molar-refractivity contribution is 5.89. The zero-order valence-electron chi connectivity index (χ0n) is 11.1. The van der Waals surface area contributed by atoms with Crippen molar-refractivity contribution in [2.45, 2.75) is 18.4 Å². The average Bonchev–Trinajstić information content (AvgIpc) is 2.38. The number of aliphatic hydroxyl groups is 1.